The highest BCUT2D eigenvalue weighted by Crippen LogP contribution is 2.33. The fourth-order valence-electron chi connectivity index (χ4n) is 4.37. The molecule has 4 rings (SSSR count). The van der Waals surface area contributed by atoms with Gasteiger partial charge in [0.2, 0.25) is 0 Å². The summed E-state index contributed by atoms with van der Waals surface area (Å²) in [5, 5.41) is 10.2. The number of aliphatic hydroxyl groups is 1. The van der Waals surface area contributed by atoms with Crippen molar-refractivity contribution in [2.75, 3.05) is 6.61 Å². The second-order valence-electron chi connectivity index (χ2n) is 9.57. The van der Waals surface area contributed by atoms with Crippen molar-refractivity contribution in [1.82, 2.24) is 0 Å². The number of aliphatic hydroxyl groups excluding tert-OH is 1. The Bertz CT molecular complexity index is 1420. The van der Waals surface area contributed by atoms with Crippen molar-refractivity contribution in [3.63, 3.8) is 0 Å². The van der Waals surface area contributed by atoms with Gasteiger partial charge in [-0.15, -0.1) is 6.58 Å². The third kappa shape index (κ3) is 7.13. The third-order valence-corrected chi connectivity index (χ3v) is 6.63. The molecule has 0 aromatic heterocycles. The first-order valence-corrected chi connectivity index (χ1v) is 13.4. The van der Waals surface area contributed by atoms with Gasteiger partial charge in [-0.25, -0.2) is 13.2 Å². The topological polar surface area (TPSA) is 38.7 Å². The lowest BCUT2D eigenvalue weighted by Gasteiger charge is -2.13. The van der Waals surface area contributed by atoms with Crippen molar-refractivity contribution in [3.8, 4) is 33.8 Å². The van der Waals surface area contributed by atoms with Crippen molar-refractivity contribution in [3.05, 3.63) is 120 Å². The molecule has 0 spiro atoms. The minimum Gasteiger partial charge on any atom is -0.493 e. The van der Waals surface area contributed by atoms with Crippen LogP contribution < -0.4 is 9.47 Å². The lowest BCUT2D eigenvalue weighted by atomic mass is 9.96. The van der Waals surface area contributed by atoms with Crippen LogP contribution in [-0.2, 0) is 6.61 Å². The molecule has 4 aromatic carbocycles. The number of hydrogen-bond acceptors (Lipinski definition) is 3. The van der Waals surface area contributed by atoms with E-state index in [9.17, 15) is 9.50 Å². The Morgan fingerprint density at radius 1 is 0.825 bits per heavy atom. The van der Waals surface area contributed by atoms with Gasteiger partial charge in [0.15, 0.2) is 23.2 Å². The van der Waals surface area contributed by atoms with E-state index in [2.05, 4.69) is 6.58 Å². The van der Waals surface area contributed by atoms with Gasteiger partial charge < -0.3 is 14.6 Å². The molecule has 0 saturated carbocycles. The van der Waals surface area contributed by atoms with Gasteiger partial charge in [-0.3, -0.25) is 0 Å². The second-order valence-corrected chi connectivity index (χ2v) is 9.57. The number of allylic oxidation sites excluding steroid dienone is 1. The summed E-state index contributed by atoms with van der Waals surface area (Å²) in [5.41, 5.74) is 2.82. The smallest absolute Gasteiger partial charge is 0.168 e. The summed E-state index contributed by atoms with van der Waals surface area (Å²) in [5.74, 6) is -1.87. The summed E-state index contributed by atoms with van der Waals surface area (Å²) in [6.45, 7) is 6.23. The molecular formula is C34H33F3O3. The molecular weight excluding hydrogens is 513 g/mol. The molecule has 6 heteroatoms. The summed E-state index contributed by atoms with van der Waals surface area (Å²) in [4.78, 5) is 0. The molecule has 0 aliphatic rings. The average molecular weight is 547 g/mol. The molecule has 0 fully saturated rings. The number of halogens is 3. The van der Waals surface area contributed by atoms with E-state index in [1.165, 1.54) is 12.1 Å². The summed E-state index contributed by atoms with van der Waals surface area (Å²) in [6.07, 6.45) is 4.35. The molecule has 1 N–H and O–H groups in total. The number of rotatable bonds is 13. The van der Waals surface area contributed by atoms with E-state index < -0.39 is 23.6 Å². The lowest BCUT2D eigenvalue weighted by Crippen LogP contribution is -2.00. The zero-order chi connectivity index (χ0) is 28.5. The highest BCUT2D eigenvalue weighted by atomic mass is 19.2. The van der Waals surface area contributed by atoms with Crippen LogP contribution in [0.15, 0.2) is 91.5 Å². The zero-order valence-corrected chi connectivity index (χ0v) is 22.5. The van der Waals surface area contributed by atoms with Crippen molar-refractivity contribution >= 4 is 0 Å². The van der Waals surface area contributed by atoms with Crippen LogP contribution in [0.25, 0.3) is 22.3 Å². The highest BCUT2D eigenvalue weighted by molar-refractivity contribution is 5.72. The van der Waals surface area contributed by atoms with Crippen LogP contribution in [0.3, 0.4) is 0 Å². The Kier molecular flexibility index (Phi) is 10.0. The standard InChI is InChI=1S/C34H33F3O3/c1-3-5-6-20-39-27-16-19-32(30(35)21-27)40-22-23-8-10-24(11-9-23)28-17-18-29(34(37)33(28)36)25-12-14-26(15-13-25)31(38)7-4-2/h3,8-19,21,31,38H,1,4-7,20,22H2,2H3. The molecule has 3 nitrogen and oxygen atoms in total. The number of hydrogen-bond donors (Lipinski definition) is 1. The van der Waals surface area contributed by atoms with Crippen LogP contribution in [0.4, 0.5) is 13.2 Å². The van der Waals surface area contributed by atoms with Gasteiger partial charge >= 0.3 is 0 Å². The van der Waals surface area contributed by atoms with Gasteiger partial charge in [0, 0.05) is 17.2 Å². The SMILES string of the molecule is C=CCCCOc1ccc(OCc2ccc(-c3ccc(-c4ccc(C(O)CCC)cc4)c(F)c3F)cc2)c(F)c1. The maximum absolute atomic E-state index is 15.1. The maximum atomic E-state index is 15.1. The number of benzene rings is 4. The lowest BCUT2D eigenvalue weighted by molar-refractivity contribution is 0.166. The first kappa shape index (κ1) is 29.0. The van der Waals surface area contributed by atoms with E-state index in [0.717, 1.165) is 30.4 Å². The Morgan fingerprint density at radius 3 is 2.02 bits per heavy atom. The van der Waals surface area contributed by atoms with E-state index in [4.69, 9.17) is 9.47 Å². The minimum atomic E-state index is -0.939. The molecule has 0 aliphatic carbocycles. The van der Waals surface area contributed by atoms with Crippen molar-refractivity contribution in [2.24, 2.45) is 0 Å². The molecule has 0 radical (unpaired) electrons. The molecule has 4 aromatic rings. The maximum Gasteiger partial charge on any atom is 0.168 e. The normalized spacial score (nSPS) is 11.7. The van der Waals surface area contributed by atoms with Gasteiger partial charge in [-0.1, -0.05) is 80.1 Å². The fraction of sp³-hybridized carbons (Fsp3) is 0.235. The predicted octanol–water partition coefficient (Wildman–Crippen LogP) is 9.20. The average Bonchev–Trinajstić information content (AvgIpc) is 2.97. The predicted molar refractivity (Wildman–Crippen MR) is 153 cm³/mol. The molecule has 0 heterocycles. The second kappa shape index (κ2) is 13.9. The summed E-state index contributed by atoms with van der Waals surface area (Å²) < 4.78 is 55.8. The van der Waals surface area contributed by atoms with Gasteiger partial charge in [0.05, 0.1) is 12.7 Å². The Hall–Kier alpha value is -4.03. The molecule has 40 heavy (non-hydrogen) atoms. The largest absolute Gasteiger partial charge is 0.493 e. The van der Waals surface area contributed by atoms with Crippen LogP contribution in [0, 0.1) is 17.5 Å². The van der Waals surface area contributed by atoms with Gasteiger partial charge in [0.1, 0.15) is 12.4 Å². The van der Waals surface area contributed by atoms with Gasteiger partial charge in [0.25, 0.3) is 0 Å². The van der Waals surface area contributed by atoms with Crippen molar-refractivity contribution in [1.29, 1.82) is 0 Å². The molecule has 0 saturated heterocycles. The first-order valence-electron chi connectivity index (χ1n) is 13.4. The van der Waals surface area contributed by atoms with Gasteiger partial charge in [-0.2, -0.15) is 0 Å². The van der Waals surface area contributed by atoms with Crippen molar-refractivity contribution < 1.29 is 27.8 Å². The van der Waals surface area contributed by atoms with Crippen LogP contribution in [0.1, 0.15) is 49.8 Å². The van der Waals surface area contributed by atoms with E-state index in [-0.39, 0.29) is 23.5 Å². The summed E-state index contributed by atoms with van der Waals surface area (Å²) in [6, 6.07) is 21.2. The molecule has 208 valence electrons. The first-order chi connectivity index (χ1) is 19.4. The van der Waals surface area contributed by atoms with E-state index >= 15 is 8.78 Å². The third-order valence-electron chi connectivity index (χ3n) is 6.63. The summed E-state index contributed by atoms with van der Waals surface area (Å²) in [7, 11) is 0. The number of ether oxygens (including phenoxy) is 2. The molecule has 1 unspecified atom stereocenters. The Morgan fingerprint density at radius 2 is 1.45 bits per heavy atom. The summed E-state index contributed by atoms with van der Waals surface area (Å²) >= 11 is 0. The molecule has 0 aliphatic heterocycles. The minimum absolute atomic E-state index is 0.0964. The molecule has 0 bridgehead atoms. The van der Waals surface area contributed by atoms with Crippen LogP contribution in [0.5, 0.6) is 11.5 Å². The van der Waals surface area contributed by atoms with Crippen LogP contribution in [0.2, 0.25) is 0 Å². The van der Waals surface area contributed by atoms with E-state index in [1.807, 2.05) is 6.92 Å². The quantitative estimate of drug-likeness (QED) is 0.134. The highest BCUT2D eigenvalue weighted by Gasteiger charge is 2.17. The molecule has 1 atom stereocenters. The molecule has 0 amide bonds. The fourth-order valence-corrected chi connectivity index (χ4v) is 4.37. The Balaban J connectivity index is 1.41. The van der Waals surface area contributed by atoms with E-state index in [0.29, 0.717) is 29.9 Å². The Labute approximate surface area is 233 Å². The van der Waals surface area contributed by atoms with E-state index in [1.54, 1.807) is 72.8 Å². The monoisotopic (exact) mass is 546 g/mol. The van der Waals surface area contributed by atoms with Crippen LogP contribution in [-0.4, -0.2) is 11.7 Å². The van der Waals surface area contributed by atoms with Gasteiger partial charge in [-0.05, 0) is 53.6 Å². The van der Waals surface area contributed by atoms with Crippen molar-refractivity contribution in [2.45, 2.75) is 45.3 Å². The van der Waals surface area contributed by atoms with Crippen LogP contribution >= 0.6 is 0 Å². The zero-order valence-electron chi connectivity index (χ0n) is 22.5. The number of unbranched alkanes of at least 4 members (excludes halogenated alkanes) is 1.